The minimum absolute atomic E-state index is 0.424. The van der Waals surface area contributed by atoms with Gasteiger partial charge < -0.3 is 4.74 Å². The molecule has 0 radical (unpaired) electrons. The van der Waals surface area contributed by atoms with Crippen LogP contribution in [0.4, 0.5) is 8.78 Å². The van der Waals surface area contributed by atoms with Gasteiger partial charge in [0.2, 0.25) is 0 Å². The summed E-state index contributed by atoms with van der Waals surface area (Å²) >= 11 is 0. The van der Waals surface area contributed by atoms with E-state index in [1.54, 1.807) is 0 Å². The third-order valence-electron chi connectivity index (χ3n) is 1.22. The molecule has 0 aliphatic heterocycles. The van der Waals surface area contributed by atoms with Gasteiger partial charge in [-0.2, -0.15) is 0 Å². The second kappa shape index (κ2) is 3.49. The summed E-state index contributed by atoms with van der Waals surface area (Å²) in [6.07, 6.45) is -0.726. The molecule has 0 aliphatic rings. The molecular formula is C8H9F2NO. The van der Waals surface area contributed by atoms with Gasteiger partial charge in [-0.25, -0.2) is 8.78 Å². The average Bonchev–Trinajstić information content (AvgIpc) is 1.97. The minimum atomic E-state index is -0.743. The molecule has 0 bridgehead atoms. The van der Waals surface area contributed by atoms with Gasteiger partial charge in [0.25, 0.3) is 0 Å². The van der Waals surface area contributed by atoms with Gasteiger partial charge in [-0.05, 0) is 19.1 Å². The number of para-hydroxylation sites is 1. The molecular weight excluding hydrogens is 164 g/mol. The Kier molecular flexibility index (Phi) is 2.60. The topological polar surface area (TPSA) is 35.2 Å². The summed E-state index contributed by atoms with van der Waals surface area (Å²) < 4.78 is 30.3. The van der Waals surface area contributed by atoms with Gasteiger partial charge in [-0.3, -0.25) is 5.73 Å². The van der Waals surface area contributed by atoms with Gasteiger partial charge in [-0.15, -0.1) is 0 Å². The lowest BCUT2D eigenvalue weighted by molar-refractivity contribution is 0.208. The van der Waals surface area contributed by atoms with E-state index in [1.807, 2.05) is 0 Å². The van der Waals surface area contributed by atoms with E-state index >= 15 is 0 Å². The van der Waals surface area contributed by atoms with Crippen LogP contribution < -0.4 is 10.5 Å². The molecule has 1 aromatic carbocycles. The molecule has 0 saturated carbocycles. The first-order valence-corrected chi connectivity index (χ1v) is 3.47. The molecule has 0 heterocycles. The molecule has 0 amide bonds. The highest BCUT2D eigenvalue weighted by Crippen LogP contribution is 2.20. The maximum Gasteiger partial charge on any atom is 0.192 e. The quantitative estimate of drug-likeness (QED) is 0.690. The molecule has 0 aromatic heterocycles. The molecule has 66 valence electrons. The second-order valence-electron chi connectivity index (χ2n) is 2.37. The molecule has 2 nitrogen and oxygen atoms in total. The van der Waals surface area contributed by atoms with Gasteiger partial charge in [-0.1, -0.05) is 6.07 Å². The van der Waals surface area contributed by atoms with Crippen LogP contribution in [0.25, 0.3) is 0 Å². The summed E-state index contributed by atoms with van der Waals surface area (Å²) in [5.41, 5.74) is 5.21. The number of rotatable bonds is 2. The molecule has 0 fully saturated rings. The molecule has 0 aliphatic carbocycles. The molecule has 2 N–H and O–H groups in total. The highest BCUT2D eigenvalue weighted by atomic mass is 19.1. The third-order valence-corrected chi connectivity index (χ3v) is 1.22. The smallest absolute Gasteiger partial charge is 0.192 e. The predicted octanol–water partition coefficient (Wildman–Crippen LogP) is 1.65. The maximum atomic E-state index is 12.8. The van der Waals surface area contributed by atoms with Crippen LogP contribution >= 0.6 is 0 Å². The van der Waals surface area contributed by atoms with Crippen LogP contribution in [-0.2, 0) is 0 Å². The van der Waals surface area contributed by atoms with E-state index < -0.39 is 23.6 Å². The Hall–Kier alpha value is -1.16. The van der Waals surface area contributed by atoms with Crippen LogP contribution in [0.5, 0.6) is 5.75 Å². The average molecular weight is 173 g/mol. The lowest BCUT2D eigenvalue weighted by Gasteiger charge is -2.10. The van der Waals surface area contributed by atoms with Crippen LogP contribution in [0.2, 0.25) is 0 Å². The van der Waals surface area contributed by atoms with E-state index in [0.717, 1.165) is 12.1 Å². The Morgan fingerprint density at radius 1 is 1.33 bits per heavy atom. The summed E-state index contributed by atoms with van der Waals surface area (Å²) in [5.74, 6) is -1.91. The van der Waals surface area contributed by atoms with Gasteiger partial charge in [0.05, 0.1) is 0 Å². The standard InChI is InChI=1S/C8H9F2NO/c1-5(11)12-8-6(9)3-2-4-7(8)10/h2-5H,11H2,1H3. The number of hydrogen-bond donors (Lipinski definition) is 1. The van der Waals surface area contributed by atoms with Crippen molar-refractivity contribution in [3.8, 4) is 5.75 Å². The van der Waals surface area contributed by atoms with Crippen molar-refractivity contribution in [2.24, 2.45) is 5.73 Å². The van der Waals surface area contributed by atoms with E-state index in [2.05, 4.69) is 0 Å². The van der Waals surface area contributed by atoms with Crippen molar-refractivity contribution >= 4 is 0 Å². The number of hydrogen-bond acceptors (Lipinski definition) is 2. The van der Waals surface area contributed by atoms with Gasteiger partial charge >= 0.3 is 0 Å². The largest absolute Gasteiger partial charge is 0.470 e. The van der Waals surface area contributed by atoms with E-state index in [4.69, 9.17) is 10.5 Å². The fourth-order valence-corrected chi connectivity index (χ4v) is 0.781. The maximum absolute atomic E-state index is 12.8. The SMILES string of the molecule is CC(N)Oc1c(F)cccc1F. The first-order valence-electron chi connectivity index (χ1n) is 3.47. The van der Waals surface area contributed by atoms with Crippen molar-refractivity contribution in [3.05, 3.63) is 29.8 Å². The first kappa shape index (κ1) is 8.93. The van der Waals surface area contributed by atoms with Gasteiger partial charge in [0.15, 0.2) is 17.4 Å². The molecule has 4 heteroatoms. The van der Waals surface area contributed by atoms with Crippen LogP contribution in [0.3, 0.4) is 0 Å². The van der Waals surface area contributed by atoms with Crippen molar-refractivity contribution in [1.29, 1.82) is 0 Å². The zero-order chi connectivity index (χ0) is 9.14. The summed E-state index contributed by atoms with van der Waals surface area (Å²) in [6, 6.07) is 3.49. The van der Waals surface area contributed by atoms with E-state index in [9.17, 15) is 8.78 Å². The molecule has 0 saturated heterocycles. The molecule has 1 unspecified atom stereocenters. The number of benzene rings is 1. The van der Waals surface area contributed by atoms with Crippen molar-refractivity contribution in [1.82, 2.24) is 0 Å². The van der Waals surface area contributed by atoms with Gasteiger partial charge in [0, 0.05) is 0 Å². The molecule has 0 spiro atoms. The Morgan fingerprint density at radius 2 is 1.83 bits per heavy atom. The Balaban J connectivity index is 2.96. The zero-order valence-electron chi connectivity index (χ0n) is 6.55. The number of ether oxygens (including phenoxy) is 1. The Labute approximate surface area is 68.9 Å². The Morgan fingerprint density at radius 3 is 2.25 bits per heavy atom. The Bertz CT molecular complexity index is 256. The van der Waals surface area contributed by atoms with Crippen LogP contribution in [0, 0.1) is 11.6 Å². The fourth-order valence-electron chi connectivity index (χ4n) is 0.781. The lowest BCUT2D eigenvalue weighted by atomic mass is 10.3. The van der Waals surface area contributed by atoms with E-state index in [0.29, 0.717) is 0 Å². The molecule has 1 atom stereocenters. The lowest BCUT2D eigenvalue weighted by Crippen LogP contribution is -2.23. The van der Waals surface area contributed by atoms with Crippen molar-refractivity contribution in [2.75, 3.05) is 0 Å². The van der Waals surface area contributed by atoms with Gasteiger partial charge in [0.1, 0.15) is 6.23 Å². The number of halogens is 2. The summed E-state index contributed by atoms with van der Waals surface area (Å²) in [5, 5.41) is 0. The first-order chi connectivity index (χ1) is 5.61. The van der Waals surface area contributed by atoms with E-state index in [1.165, 1.54) is 13.0 Å². The summed E-state index contributed by atoms with van der Waals surface area (Å²) in [7, 11) is 0. The predicted molar refractivity (Wildman–Crippen MR) is 40.6 cm³/mol. The van der Waals surface area contributed by atoms with Crippen LogP contribution in [0.1, 0.15) is 6.92 Å². The highest BCUT2D eigenvalue weighted by Gasteiger charge is 2.10. The van der Waals surface area contributed by atoms with Crippen LogP contribution in [0.15, 0.2) is 18.2 Å². The monoisotopic (exact) mass is 173 g/mol. The second-order valence-corrected chi connectivity index (χ2v) is 2.37. The highest BCUT2D eigenvalue weighted by molar-refractivity contribution is 5.26. The minimum Gasteiger partial charge on any atom is -0.470 e. The van der Waals surface area contributed by atoms with Crippen molar-refractivity contribution in [2.45, 2.75) is 13.2 Å². The molecule has 1 aromatic rings. The molecule has 12 heavy (non-hydrogen) atoms. The summed E-state index contributed by atoms with van der Waals surface area (Å²) in [6.45, 7) is 1.49. The van der Waals surface area contributed by atoms with Crippen molar-refractivity contribution in [3.63, 3.8) is 0 Å². The zero-order valence-corrected chi connectivity index (χ0v) is 6.55. The molecule has 1 rings (SSSR count). The van der Waals surface area contributed by atoms with Crippen molar-refractivity contribution < 1.29 is 13.5 Å². The number of nitrogens with two attached hydrogens (primary N) is 1. The summed E-state index contributed by atoms with van der Waals surface area (Å²) in [4.78, 5) is 0. The third kappa shape index (κ3) is 1.92. The van der Waals surface area contributed by atoms with Crippen LogP contribution in [-0.4, -0.2) is 6.23 Å². The normalized spacial score (nSPS) is 12.7. The van der Waals surface area contributed by atoms with E-state index in [-0.39, 0.29) is 0 Å². The fraction of sp³-hybridized carbons (Fsp3) is 0.250.